The number of carbonyl (C=O) groups excluding carboxylic acids is 1. The van der Waals surface area contributed by atoms with Crippen molar-refractivity contribution in [2.45, 2.75) is 44.7 Å². The first-order valence-corrected chi connectivity index (χ1v) is 11.7. The summed E-state index contributed by atoms with van der Waals surface area (Å²) in [6, 6.07) is 12.7. The van der Waals surface area contributed by atoms with Gasteiger partial charge in [0.25, 0.3) is 5.91 Å². The molecule has 1 atom stereocenters. The van der Waals surface area contributed by atoms with E-state index in [1.165, 1.54) is 0 Å². The molecule has 1 aromatic heterocycles. The molecule has 1 amide bonds. The van der Waals surface area contributed by atoms with Crippen molar-refractivity contribution in [2.24, 2.45) is 0 Å². The predicted octanol–water partition coefficient (Wildman–Crippen LogP) is 3.37. The Labute approximate surface area is 187 Å². The molecule has 32 heavy (non-hydrogen) atoms. The van der Waals surface area contributed by atoms with Crippen molar-refractivity contribution >= 4 is 21.6 Å². The first kappa shape index (κ1) is 22.0. The molecular weight excluding hydrogens is 430 g/mol. The first-order valence-electron chi connectivity index (χ1n) is 10.2. The van der Waals surface area contributed by atoms with Gasteiger partial charge in [0.15, 0.2) is 5.76 Å². The Kier molecular flexibility index (Phi) is 5.79. The van der Waals surface area contributed by atoms with Crippen LogP contribution in [0.2, 0.25) is 0 Å². The summed E-state index contributed by atoms with van der Waals surface area (Å²) in [5.74, 6) is 0.825. The minimum absolute atomic E-state index is 0.00570. The van der Waals surface area contributed by atoms with Gasteiger partial charge in [0.2, 0.25) is 10.0 Å². The summed E-state index contributed by atoms with van der Waals surface area (Å²) in [7, 11) is -2.20. The number of carbonyl (C=O) groups is 1. The monoisotopic (exact) mass is 455 g/mol. The second kappa shape index (κ2) is 8.40. The molecule has 0 unspecified atom stereocenters. The van der Waals surface area contributed by atoms with Crippen LogP contribution in [0, 0.1) is 13.8 Å². The number of ether oxygens (including phenoxy) is 1. The molecule has 0 saturated carbocycles. The summed E-state index contributed by atoms with van der Waals surface area (Å²) in [5, 5.41) is 3.72. The zero-order chi connectivity index (χ0) is 23.0. The van der Waals surface area contributed by atoms with Gasteiger partial charge in [-0.25, -0.2) is 13.1 Å². The highest BCUT2D eigenvalue weighted by atomic mass is 32.2. The third kappa shape index (κ3) is 4.01. The lowest BCUT2D eigenvalue weighted by Crippen LogP contribution is -2.35. The van der Waals surface area contributed by atoms with Crippen molar-refractivity contribution in [1.29, 1.82) is 0 Å². The number of methoxy groups -OCH3 is 1. The maximum atomic E-state index is 13.2. The highest BCUT2D eigenvalue weighted by Crippen LogP contribution is 2.34. The fourth-order valence-electron chi connectivity index (χ4n) is 4.05. The molecule has 0 spiro atoms. The largest absolute Gasteiger partial charge is 0.497 e. The van der Waals surface area contributed by atoms with Crippen molar-refractivity contribution < 1.29 is 22.5 Å². The van der Waals surface area contributed by atoms with Crippen LogP contribution >= 0.6 is 0 Å². The number of benzene rings is 2. The molecule has 0 bridgehead atoms. The number of amides is 1. The summed E-state index contributed by atoms with van der Waals surface area (Å²) in [6.45, 7) is 5.23. The SMILES string of the molecule is COc1ccc(C(=O)N2c3cc(CNS(=O)(=O)c4c(C)noc4C)ccc3C[C@H]2C)cc1. The van der Waals surface area contributed by atoms with Crippen LogP contribution in [-0.4, -0.2) is 32.6 Å². The zero-order valence-electron chi connectivity index (χ0n) is 18.4. The molecule has 0 aliphatic carbocycles. The average Bonchev–Trinajstić information content (AvgIpc) is 3.29. The fourth-order valence-corrected chi connectivity index (χ4v) is 5.40. The maximum absolute atomic E-state index is 13.2. The molecule has 1 aliphatic heterocycles. The number of anilines is 1. The van der Waals surface area contributed by atoms with E-state index in [1.807, 2.05) is 25.1 Å². The smallest absolute Gasteiger partial charge is 0.258 e. The molecule has 3 aromatic rings. The molecule has 0 saturated heterocycles. The number of hydrogen-bond acceptors (Lipinski definition) is 6. The van der Waals surface area contributed by atoms with Crippen LogP contribution < -0.4 is 14.4 Å². The Balaban J connectivity index is 1.57. The van der Waals surface area contributed by atoms with Crippen LogP contribution in [0.3, 0.4) is 0 Å². The molecule has 0 fully saturated rings. The van der Waals surface area contributed by atoms with E-state index in [4.69, 9.17) is 9.26 Å². The van der Waals surface area contributed by atoms with Crippen molar-refractivity contribution in [3.8, 4) is 5.75 Å². The van der Waals surface area contributed by atoms with E-state index < -0.39 is 10.0 Å². The van der Waals surface area contributed by atoms with E-state index in [0.29, 0.717) is 17.0 Å². The summed E-state index contributed by atoms with van der Waals surface area (Å²) in [4.78, 5) is 15.1. The fraction of sp³-hybridized carbons (Fsp3) is 0.304. The molecule has 1 aliphatic rings. The van der Waals surface area contributed by atoms with Crippen LogP contribution in [0.1, 0.15) is 39.9 Å². The summed E-state index contributed by atoms with van der Waals surface area (Å²) in [6.07, 6.45) is 0.738. The normalized spacial score (nSPS) is 15.6. The Morgan fingerprint density at radius 1 is 1.22 bits per heavy atom. The first-order chi connectivity index (χ1) is 15.2. The predicted molar refractivity (Wildman–Crippen MR) is 119 cm³/mol. The van der Waals surface area contributed by atoms with Gasteiger partial charge in [-0.15, -0.1) is 0 Å². The number of aromatic nitrogens is 1. The van der Waals surface area contributed by atoms with Gasteiger partial charge in [0.1, 0.15) is 16.3 Å². The van der Waals surface area contributed by atoms with E-state index in [1.54, 1.807) is 50.1 Å². The molecule has 168 valence electrons. The van der Waals surface area contributed by atoms with E-state index in [-0.39, 0.29) is 29.1 Å². The molecular formula is C23H25N3O5S. The van der Waals surface area contributed by atoms with E-state index in [9.17, 15) is 13.2 Å². The standard InChI is InChI=1S/C23H25N3O5S/c1-14-11-19-6-5-17(13-24-32(28,29)22-15(2)25-31-16(22)3)12-21(19)26(14)23(27)18-7-9-20(30-4)10-8-18/h5-10,12,14,24H,11,13H2,1-4H3/t14-/m1/s1. The van der Waals surface area contributed by atoms with Crippen LogP contribution in [0.15, 0.2) is 51.9 Å². The molecule has 9 heteroatoms. The van der Waals surface area contributed by atoms with Crippen molar-refractivity contribution in [3.05, 3.63) is 70.6 Å². The van der Waals surface area contributed by atoms with E-state index in [2.05, 4.69) is 9.88 Å². The molecule has 8 nitrogen and oxygen atoms in total. The highest BCUT2D eigenvalue weighted by molar-refractivity contribution is 7.89. The minimum atomic E-state index is -3.78. The number of fused-ring (bicyclic) bond motifs is 1. The summed E-state index contributed by atoms with van der Waals surface area (Å²) in [5.41, 5.74) is 3.48. The van der Waals surface area contributed by atoms with Crippen molar-refractivity contribution in [1.82, 2.24) is 9.88 Å². The number of nitrogens with one attached hydrogen (secondary N) is 1. The van der Waals surface area contributed by atoms with E-state index >= 15 is 0 Å². The lowest BCUT2D eigenvalue weighted by Gasteiger charge is -2.23. The van der Waals surface area contributed by atoms with Gasteiger partial charge < -0.3 is 14.2 Å². The lowest BCUT2D eigenvalue weighted by atomic mass is 10.1. The Hall–Kier alpha value is -3.17. The summed E-state index contributed by atoms with van der Waals surface area (Å²) >= 11 is 0. The van der Waals surface area contributed by atoms with Gasteiger partial charge in [-0.1, -0.05) is 17.3 Å². The van der Waals surface area contributed by atoms with Gasteiger partial charge >= 0.3 is 0 Å². The highest BCUT2D eigenvalue weighted by Gasteiger charge is 2.32. The average molecular weight is 456 g/mol. The second-order valence-corrected chi connectivity index (χ2v) is 9.60. The third-order valence-electron chi connectivity index (χ3n) is 5.62. The van der Waals surface area contributed by atoms with Gasteiger partial charge in [-0.05, 0) is 68.7 Å². The topological polar surface area (TPSA) is 102 Å². The molecule has 2 heterocycles. The van der Waals surface area contributed by atoms with Gasteiger partial charge in [-0.3, -0.25) is 4.79 Å². The molecule has 2 aromatic carbocycles. The quantitative estimate of drug-likeness (QED) is 0.612. The third-order valence-corrected chi connectivity index (χ3v) is 7.27. The Morgan fingerprint density at radius 2 is 1.94 bits per heavy atom. The number of hydrogen-bond donors (Lipinski definition) is 1. The van der Waals surface area contributed by atoms with Crippen LogP contribution in [0.25, 0.3) is 0 Å². The van der Waals surface area contributed by atoms with Crippen LogP contribution in [0.5, 0.6) is 5.75 Å². The Morgan fingerprint density at radius 3 is 2.56 bits per heavy atom. The zero-order valence-corrected chi connectivity index (χ0v) is 19.2. The molecule has 1 N–H and O–H groups in total. The lowest BCUT2D eigenvalue weighted by molar-refractivity contribution is 0.0981. The minimum Gasteiger partial charge on any atom is -0.497 e. The number of nitrogens with zero attached hydrogens (tertiary/aromatic N) is 2. The Bertz CT molecular complexity index is 1250. The van der Waals surface area contributed by atoms with Crippen LogP contribution in [0.4, 0.5) is 5.69 Å². The summed E-state index contributed by atoms with van der Waals surface area (Å²) < 4.78 is 38.2. The van der Waals surface area contributed by atoms with Gasteiger partial charge in [0, 0.05) is 23.8 Å². The van der Waals surface area contributed by atoms with Gasteiger partial charge in [0.05, 0.1) is 7.11 Å². The van der Waals surface area contributed by atoms with E-state index in [0.717, 1.165) is 23.2 Å². The second-order valence-electron chi connectivity index (χ2n) is 7.90. The van der Waals surface area contributed by atoms with Crippen LogP contribution in [-0.2, 0) is 23.0 Å². The van der Waals surface area contributed by atoms with Crippen molar-refractivity contribution in [2.75, 3.05) is 12.0 Å². The maximum Gasteiger partial charge on any atom is 0.258 e. The molecule has 0 radical (unpaired) electrons. The molecule has 4 rings (SSSR count). The number of rotatable bonds is 6. The number of aryl methyl sites for hydroxylation is 2. The number of sulfonamides is 1. The van der Waals surface area contributed by atoms with Crippen molar-refractivity contribution in [3.63, 3.8) is 0 Å². The van der Waals surface area contributed by atoms with Gasteiger partial charge in [-0.2, -0.15) is 0 Å².